The van der Waals surface area contributed by atoms with Crippen molar-refractivity contribution in [3.8, 4) is 0 Å². The highest BCUT2D eigenvalue weighted by atomic mass is 16.2. The van der Waals surface area contributed by atoms with Gasteiger partial charge in [0.05, 0.1) is 0 Å². The predicted octanol–water partition coefficient (Wildman–Crippen LogP) is 2.36. The fourth-order valence-electron chi connectivity index (χ4n) is 3.35. The zero-order chi connectivity index (χ0) is 18.4. The number of carbonyl (C=O) groups excluding carboxylic acids is 2. The number of piperidine rings is 1. The van der Waals surface area contributed by atoms with Crippen molar-refractivity contribution in [2.24, 2.45) is 5.92 Å². The number of carbonyl (C=O) groups is 2. The summed E-state index contributed by atoms with van der Waals surface area (Å²) in [6.07, 6.45) is 2.52. The molecule has 1 saturated heterocycles. The highest BCUT2D eigenvalue weighted by Gasteiger charge is 2.25. The summed E-state index contributed by atoms with van der Waals surface area (Å²) in [5.41, 5.74) is 2.09. The van der Waals surface area contributed by atoms with Crippen LogP contribution in [0, 0.1) is 12.8 Å². The standard InChI is InChI=1S/C20H31N3O2/c1-15-10-13-23(14-11-15)18(24)9-12-21-20(25)19(22(3)4)17-8-6-5-7-16(17)2/h5-8,15,19H,9-14H2,1-4H3,(H,21,25)/t19-/m0/s1. The van der Waals surface area contributed by atoms with Gasteiger partial charge in [0.2, 0.25) is 11.8 Å². The lowest BCUT2D eigenvalue weighted by Crippen LogP contribution is -2.41. The summed E-state index contributed by atoms with van der Waals surface area (Å²) in [6, 6.07) is 7.58. The van der Waals surface area contributed by atoms with E-state index >= 15 is 0 Å². The maximum Gasteiger partial charge on any atom is 0.241 e. The van der Waals surface area contributed by atoms with Crippen molar-refractivity contribution in [2.75, 3.05) is 33.7 Å². The zero-order valence-electron chi connectivity index (χ0n) is 15.9. The summed E-state index contributed by atoms with van der Waals surface area (Å²) >= 11 is 0. The van der Waals surface area contributed by atoms with Crippen molar-refractivity contribution < 1.29 is 9.59 Å². The van der Waals surface area contributed by atoms with Crippen LogP contribution in [0.25, 0.3) is 0 Å². The topological polar surface area (TPSA) is 52.7 Å². The van der Waals surface area contributed by atoms with Crippen LogP contribution in [-0.4, -0.2) is 55.3 Å². The van der Waals surface area contributed by atoms with Crippen LogP contribution in [0.4, 0.5) is 0 Å². The maximum absolute atomic E-state index is 12.7. The summed E-state index contributed by atoms with van der Waals surface area (Å²) < 4.78 is 0. The van der Waals surface area contributed by atoms with Gasteiger partial charge >= 0.3 is 0 Å². The van der Waals surface area contributed by atoms with Gasteiger partial charge in [-0.3, -0.25) is 14.5 Å². The van der Waals surface area contributed by atoms with E-state index in [0.717, 1.165) is 37.1 Å². The van der Waals surface area contributed by atoms with Crippen LogP contribution in [0.3, 0.4) is 0 Å². The van der Waals surface area contributed by atoms with E-state index in [2.05, 4.69) is 12.2 Å². The second kappa shape index (κ2) is 8.99. The molecule has 0 radical (unpaired) electrons. The minimum absolute atomic E-state index is 0.0561. The zero-order valence-corrected chi connectivity index (χ0v) is 15.9. The van der Waals surface area contributed by atoms with Crippen molar-refractivity contribution in [2.45, 2.75) is 39.2 Å². The fourth-order valence-corrected chi connectivity index (χ4v) is 3.35. The summed E-state index contributed by atoms with van der Waals surface area (Å²) in [7, 11) is 3.80. The highest BCUT2D eigenvalue weighted by Crippen LogP contribution is 2.22. The molecule has 0 spiro atoms. The molecule has 0 saturated carbocycles. The van der Waals surface area contributed by atoms with Crippen molar-refractivity contribution in [3.63, 3.8) is 0 Å². The Balaban J connectivity index is 1.87. The number of likely N-dealkylation sites (N-methyl/N-ethyl adjacent to an activating group) is 1. The molecule has 1 aliphatic rings. The van der Waals surface area contributed by atoms with Gasteiger partial charge in [-0.25, -0.2) is 0 Å². The van der Waals surface area contributed by atoms with E-state index in [4.69, 9.17) is 0 Å². The van der Waals surface area contributed by atoms with Gasteiger partial charge in [-0.15, -0.1) is 0 Å². The molecule has 1 N–H and O–H groups in total. The molecule has 25 heavy (non-hydrogen) atoms. The molecule has 2 rings (SSSR count). The third-order valence-corrected chi connectivity index (χ3v) is 5.02. The SMILES string of the molecule is Cc1ccccc1[C@@H](C(=O)NCCC(=O)N1CCC(C)CC1)N(C)C. The van der Waals surface area contributed by atoms with Crippen molar-refractivity contribution in [1.29, 1.82) is 0 Å². The summed E-state index contributed by atoms with van der Waals surface area (Å²) in [5.74, 6) is 0.794. The molecule has 0 aliphatic carbocycles. The summed E-state index contributed by atoms with van der Waals surface area (Å²) in [4.78, 5) is 28.8. The Morgan fingerprint density at radius 2 is 1.88 bits per heavy atom. The molecule has 138 valence electrons. The molecule has 1 heterocycles. The highest BCUT2D eigenvalue weighted by molar-refractivity contribution is 5.84. The number of nitrogens with zero attached hydrogens (tertiary/aromatic N) is 2. The Morgan fingerprint density at radius 3 is 2.48 bits per heavy atom. The Bertz CT molecular complexity index is 592. The minimum atomic E-state index is -0.341. The van der Waals surface area contributed by atoms with E-state index < -0.39 is 0 Å². The van der Waals surface area contributed by atoms with E-state index in [-0.39, 0.29) is 17.9 Å². The second-order valence-corrected chi connectivity index (χ2v) is 7.33. The molecule has 2 amide bonds. The average molecular weight is 345 g/mol. The van der Waals surface area contributed by atoms with Crippen LogP contribution >= 0.6 is 0 Å². The summed E-state index contributed by atoms with van der Waals surface area (Å²) in [6.45, 7) is 6.32. The van der Waals surface area contributed by atoms with Gasteiger partial charge in [0.25, 0.3) is 0 Å². The molecular formula is C20H31N3O2. The first-order chi connectivity index (χ1) is 11.9. The number of benzene rings is 1. The monoisotopic (exact) mass is 345 g/mol. The molecule has 1 aliphatic heterocycles. The first kappa shape index (κ1) is 19.4. The third-order valence-electron chi connectivity index (χ3n) is 5.02. The first-order valence-electron chi connectivity index (χ1n) is 9.17. The normalized spacial score (nSPS) is 16.8. The molecule has 1 fully saturated rings. The Labute approximate surface area is 151 Å². The molecule has 0 unspecified atom stereocenters. The lowest BCUT2D eigenvalue weighted by molar-refractivity contribution is -0.132. The molecule has 0 aromatic heterocycles. The molecule has 5 nitrogen and oxygen atoms in total. The third kappa shape index (κ3) is 5.30. The molecule has 5 heteroatoms. The van der Waals surface area contributed by atoms with E-state index in [1.807, 2.05) is 55.1 Å². The number of aryl methyl sites for hydroxylation is 1. The number of hydrogen-bond donors (Lipinski definition) is 1. The van der Waals surface area contributed by atoms with Crippen LogP contribution in [0.5, 0.6) is 0 Å². The molecule has 1 aromatic rings. The second-order valence-electron chi connectivity index (χ2n) is 7.33. The van der Waals surface area contributed by atoms with Gasteiger partial charge in [0.15, 0.2) is 0 Å². The van der Waals surface area contributed by atoms with Gasteiger partial charge < -0.3 is 10.2 Å². The Kier molecular flexibility index (Phi) is 7.00. The maximum atomic E-state index is 12.7. The first-order valence-corrected chi connectivity index (χ1v) is 9.17. The van der Waals surface area contributed by atoms with Crippen LogP contribution < -0.4 is 5.32 Å². The van der Waals surface area contributed by atoms with Crippen molar-refractivity contribution in [1.82, 2.24) is 15.1 Å². The number of rotatable bonds is 6. The molecule has 1 aromatic carbocycles. The lowest BCUT2D eigenvalue weighted by atomic mass is 9.99. The van der Waals surface area contributed by atoms with Crippen LogP contribution in [0.1, 0.15) is 43.4 Å². The Hall–Kier alpha value is -1.88. The van der Waals surface area contributed by atoms with Crippen molar-refractivity contribution in [3.05, 3.63) is 35.4 Å². The predicted molar refractivity (Wildman–Crippen MR) is 100 cm³/mol. The van der Waals surface area contributed by atoms with Crippen LogP contribution in [-0.2, 0) is 9.59 Å². The van der Waals surface area contributed by atoms with E-state index in [0.29, 0.717) is 18.9 Å². The molecule has 1 atom stereocenters. The molecular weight excluding hydrogens is 314 g/mol. The number of amides is 2. The van der Waals surface area contributed by atoms with Gasteiger partial charge in [0, 0.05) is 26.1 Å². The van der Waals surface area contributed by atoms with Gasteiger partial charge in [-0.05, 0) is 50.9 Å². The van der Waals surface area contributed by atoms with Crippen LogP contribution in [0.15, 0.2) is 24.3 Å². The van der Waals surface area contributed by atoms with E-state index in [1.165, 1.54) is 0 Å². The largest absolute Gasteiger partial charge is 0.354 e. The summed E-state index contributed by atoms with van der Waals surface area (Å²) in [5, 5.41) is 2.94. The number of hydrogen-bond acceptors (Lipinski definition) is 3. The Morgan fingerprint density at radius 1 is 1.24 bits per heavy atom. The van der Waals surface area contributed by atoms with Crippen LogP contribution in [0.2, 0.25) is 0 Å². The quantitative estimate of drug-likeness (QED) is 0.861. The number of nitrogens with one attached hydrogen (secondary N) is 1. The lowest BCUT2D eigenvalue weighted by Gasteiger charge is -2.30. The van der Waals surface area contributed by atoms with Gasteiger partial charge in [-0.1, -0.05) is 31.2 Å². The minimum Gasteiger partial charge on any atom is -0.354 e. The number of likely N-dealkylation sites (tertiary alicyclic amines) is 1. The van der Waals surface area contributed by atoms with Gasteiger partial charge in [0.1, 0.15) is 6.04 Å². The molecule has 0 bridgehead atoms. The van der Waals surface area contributed by atoms with E-state index in [1.54, 1.807) is 0 Å². The average Bonchev–Trinajstić information content (AvgIpc) is 2.57. The van der Waals surface area contributed by atoms with E-state index in [9.17, 15) is 9.59 Å². The van der Waals surface area contributed by atoms with Crippen molar-refractivity contribution >= 4 is 11.8 Å². The smallest absolute Gasteiger partial charge is 0.241 e. The fraction of sp³-hybridized carbons (Fsp3) is 0.600. The van der Waals surface area contributed by atoms with Gasteiger partial charge in [-0.2, -0.15) is 0 Å².